The highest BCUT2D eigenvalue weighted by Gasteiger charge is 2.49. The first-order chi connectivity index (χ1) is 17.6. The van der Waals surface area contributed by atoms with Crippen molar-refractivity contribution in [2.45, 2.75) is 19.3 Å². The monoisotopic (exact) mass is 481 g/mol. The van der Waals surface area contributed by atoms with Gasteiger partial charge in [-0.1, -0.05) is 18.2 Å². The van der Waals surface area contributed by atoms with E-state index in [4.69, 9.17) is 4.74 Å². The number of fused-ring (bicyclic) bond motifs is 1. The van der Waals surface area contributed by atoms with E-state index >= 15 is 0 Å². The summed E-state index contributed by atoms with van der Waals surface area (Å²) in [5, 5.41) is 7.79. The number of carbonyl (C=O) groups is 2. The standard InChI is InChI=1S/C28H27N5O3/c1-36-24-16-21(7-8-22(24)20-17-30-31-18-20)33-15-11-28(27(33)35)9-13-32(14-10-28)26(34)23-6-2-4-19-5-3-12-29-25(19)23/h2-8,12,16-18H,9-11,13-15H2,1H3,(H,30,31). The molecule has 2 saturated heterocycles. The van der Waals surface area contributed by atoms with E-state index in [0.29, 0.717) is 43.8 Å². The lowest BCUT2D eigenvalue weighted by molar-refractivity contribution is -0.127. The number of aromatic amines is 1. The number of H-pyrrole nitrogens is 1. The van der Waals surface area contributed by atoms with E-state index in [1.54, 1.807) is 19.5 Å². The van der Waals surface area contributed by atoms with Gasteiger partial charge in [-0.15, -0.1) is 0 Å². The number of para-hydroxylation sites is 1. The summed E-state index contributed by atoms with van der Waals surface area (Å²) in [6, 6.07) is 15.4. The van der Waals surface area contributed by atoms with Gasteiger partial charge in [0.15, 0.2) is 0 Å². The maximum atomic E-state index is 13.7. The zero-order chi connectivity index (χ0) is 24.7. The van der Waals surface area contributed by atoms with Crippen LogP contribution in [0.2, 0.25) is 0 Å². The van der Waals surface area contributed by atoms with Crippen LogP contribution in [-0.4, -0.2) is 58.6 Å². The zero-order valence-electron chi connectivity index (χ0n) is 20.1. The van der Waals surface area contributed by atoms with Crippen molar-refractivity contribution in [1.82, 2.24) is 20.1 Å². The predicted octanol–water partition coefficient (Wildman–Crippen LogP) is 4.29. The van der Waals surface area contributed by atoms with Crippen LogP contribution < -0.4 is 9.64 Å². The molecule has 0 unspecified atom stereocenters. The lowest BCUT2D eigenvalue weighted by Gasteiger charge is -2.38. The predicted molar refractivity (Wildman–Crippen MR) is 137 cm³/mol. The van der Waals surface area contributed by atoms with Gasteiger partial charge in [-0.2, -0.15) is 5.10 Å². The molecule has 1 N–H and O–H groups in total. The number of nitrogens with one attached hydrogen (secondary N) is 1. The Morgan fingerprint density at radius 3 is 2.64 bits per heavy atom. The molecule has 8 nitrogen and oxygen atoms in total. The van der Waals surface area contributed by atoms with Crippen molar-refractivity contribution in [3.05, 3.63) is 72.7 Å². The van der Waals surface area contributed by atoms with Gasteiger partial charge in [0.2, 0.25) is 5.91 Å². The molecule has 4 heterocycles. The second kappa shape index (κ2) is 8.78. The second-order valence-corrected chi connectivity index (χ2v) is 9.53. The van der Waals surface area contributed by atoms with E-state index in [2.05, 4.69) is 15.2 Å². The summed E-state index contributed by atoms with van der Waals surface area (Å²) in [4.78, 5) is 35.2. The molecule has 0 atom stereocenters. The fraction of sp³-hybridized carbons (Fsp3) is 0.286. The molecule has 0 radical (unpaired) electrons. The SMILES string of the molecule is COc1cc(N2CCC3(CCN(C(=O)c4cccc5cccnc45)CC3)C2=O)ccc1-c1cn[nH]c1. The molecule has 2 aliphatic heterocycles. The van der Waals surface area contributed by atoms with E-state index in [0.717, 1.165) is 34.1 Å². The molecule has 8 heteroatoms. The van der Waals surface area contributed by atoms with Crippen molar-refractivity contribution < 1.29 is 14.3 Å². The number of rotatable bonds is 4. The van der Waals surface area contributed by atoms with Crippen molar-refractivity contribution in [1.29, 1.82) is 0 Å². The van der Waals surface area contributed by atoms with Crippen LogP contribution in [0, 0.1) is 5.41 Å². The number of pyridine rings is 1. The summed E-state index contributed by atoms with van der Waals surface area (Å²) < 4.78 is 5.63. The first kappa shape index (κ1) is 22.3. The molecule has 2 aliphatic rings. The Bertz CT molecular complexity index is 1440. The van der Waals surface area contributed by atoms with Gasteiger partial charge in [-0.05, 0) is 43.5 Å². The van der Waals surface area contributed by atoms with E-state index in [1.807, 2.05) is 64.5 Å². The molecule has 2 aromatic carbocycles. The molecule has 2 aromatic heterocycles. The molecular formula is C28H27N5O3. The average molecular weight is 482 g/mol. The second-order valence-electron chi connectivity index (χ2n) is 9.53. The van der Waals surface area contributed by atoms with Crippen LogP contribution in [0.3, 0.4) is 0 Å². The van der Waals surface area contributed by atoms with E-state index in [1.165, 1.54) is 0 Å². The fourth-order valence-corrected chi connectivity index (χ4v) is 5.60. The average Bonchev–Trinajstić information content (AvgIpc) is 3.57. The highest BCUT2D eigenvalue weighted by atomic mass is 16.5. The van der Waals surface area contributed by atoms with Crippen molar-refractivity contribution >= 4 is 28.4 Å². The summed E-state index contributed by atoms with van der Waals surface area (Å²) >= 11 is 0. The maximum Gasteiger partial charge on any atom is 0.256 e. The summed E-state index contributed by atoms with van der Waals surface area (Å²) in [5.41, 5.74) is 3.60. The highest BCUT2D eigenvalue weighted by molar-refractivity contribution is 6.06. The summed E-state index contributed by atoms with van der Waals surface area (Å²) in [5.74, 6) is 0.822. The lowest BCUT2D eigenvalue weighted by atomic mass is 9.77. The molecule has 36 heavy (non-hydrogen) atoms. The van der Waals surface area contributed by atoms with Crippen LogP contribution in [0.5, 0.6) is 5.75 Å². The van der Waals surface area contributed by atoms with Gasteiger partial charge >= 0.3 is 0 Å². The minimum Gasteiger partial charge on any atom is -0.496 e. The van der Waals surface area contributed by atoms with Crippen LogP contribution in [-0.2, 0) is 4.79 Å². The maximum absolute atomic E-state index is 13.7. The largest absolute Gasteiger partial charge is 0.496 e. The number of anilines is 1. The first-order valence-corrected chi connectivity index (χ1v) is 12.2. The summed E-state index contributed by atoms with van der Waals surface area (Å²) in [6.45, 7) is 1.78. The third-order valence-electron chi connectivity index (χ3n) is 7.69. The molecule has 4 aromatic rings. The Morgan fingerprint density at radius 1 is 1.06 bits per heavy atom. The topological polar surface area (TPSA) is 91.4 Å². The third-order valence-corrected chi connectivity index (χ3v) is 7.69. The Kier molecular flexibility index (Phi) is 5.44. The van der Waals surface area contributed by atoms with Crippen LogP contribution in [0.25, 0.3) is 22.0 Å². The molecule has 2 fully saturated rings. The van der Waals surface area contributed by atoms with Gasteiger partial charge in [0.25, 0.3) is 5.91 Å². The Hall–Kier alpha value is -4.20. The van der Waals surface area contributed by atoms with Crippen molar-refractivity contribution in [2.24, 2.45) is 5.41 Å². The van der Waals surface area contributed by atoms with Gasteiger partial charge in [0.1, 0.15) is 5.75 Å². The van der Waals surface area contributed by atoms with Crippen molar-refractivity contribution in [3.8, 4) is 16.9 Å². The number of hydrogen-bond donors (Lipinski definition) is 1. The Morgan fingerprint density at radius 2 is 1.86 bits per heavy atom. The van der Waals surface area contributed by atoms with Crippen molar-refractivity contribution in [3.63, 3.8) is 0 Å². The quantitative estimate of drug-likeness (QED) is 0.470. The minimum atomic E-state index is -0.426. The molecule has 182 valence electrons. The van der Waals surface area contributed by atoms with Gasteiger partial charge in [-0.3, -0.25) is 19.7 Å². The van der Waals surface area contributed by atoms with E-state index < -0.39 is 5.41 Å². The highest BCUT2D eigenvalue weighted by Crippen LogP contribution is 2.44. The van der Waals surface area contributed by atoms with Crippen molar-refractivity contribution in [2.75, 3.05) is 31.6 Å². The zero-order valence-corrected chi connectivity index (χ0v) is 20.1. The van der Waals surface area contributed by atoms with E-state index in [9.17, 15) is 9.59 Å². The number of nitrogens with zero attached hydrogens (tertiary/aromatic N) is 4. The molecular weight excluding hydrogens is 454 g/mol. The van der Waals surface area contributed by atoms with Gasteiger partial charge < -0.3 is 14.5 Å². The normalized spacial score (nSPS) is 17.2. The van der Waals surface area contributed by atoms with Crippen LogP contribution >= 0.6 is 0 Å². The minimum absolute atomic E-state index is 0.0176. The number of carbonyl (C=O) groups excluding carboxylic acids is 2. The molecule has 6 rings (SSSR count). The fourth-order valence-electron chi connectivity index (χ4n) is 5.60. The number of benzene rings is 2. The number of amides is 2. The smallest absolute Gasteiger partial charge is 0.256 e. The van der Waals surface area contributed by atoms with Gasteiger partial charge in [0.05, 0.1) is 29.8 Å². The Labute approximate surface area is 208 Å². The number of piperidine rings is 1. The van der Waals surface area contributed by atoms with Gasteiger partial charge in [0, 0.05) is 60.3 Å². The molecule has 2 amide bonds. The molecule has 0 bridgehead atoms. The molecule has 1 spiro atoms. The lowest BCUT2D eigenvalue weighted by Crippen LogP contribution is -2.46. The van der Waals surface area contributed by atoms with Gasteiger partial charge in [-0.25, -0.2) is 0 Å². The number of hydrogen-bond acceptors (Lipinski definition) is 5. The summed E-state index contributed by atoms with van der Waals surface area (Å²) in [6.07, 6.45) is 7.39. The molecule has 0 aliphatic carbocycles. The molecule has 0 saturated carbocycles. The van der Waals surface area contributed by atoms with Crippen LogP contribution in [0.15, 0.2) is 67.1 Å². The number of aromatic nitrogens is 3. The first-order valence-electron chi connectivity index (χ1n) is 12.2. The van der Waals surface area contributed by atoms with E-state index in [-0.39, 0.29) is 11.8 Å². The summed E-state index contributed by atoms with van der Waals surface area (Å²) in [7, 11) is 1.63. The van der Waals surface area contributed by atoms with Crippen LogP contribution in [0.1, 0.15) is 29.6 Å². The third kappa shape index (κ3) is 3.61. The Balaban J connectivity index is 1.18. The number of ether oxygens (including phenoxy) is 1. The number of likely N-dealkylation sites (tertiary alicyclic amines) is 1. The number of methoxy groups -OCH3 is 1. The van der Waals surface area contributed by atoms with Crippen LogP contribution in [0.4, 0.5) is 5.69 Å².